The lowest BCUT2D eigenvalue weighted by atomic mass is 9.97. The highest BCUT2D eigenvalue weighted by atomic mass is 35.5. The Labute approximate surface area is 241 Å². The number of likely N-dealkylation sites (tertiary alicyclic amines) is 1. The van der Waals surface area contributed by atoms with E-state index < -0.39 is 44.1 Å². The number of carboxylic acid groups (broad SMARTS) is 1. The second kappa shape index (κ2) is 13.2. The number of amides is 2. The molecule has 11 heteroatoms. The molecule has 0 radical (unpaired) electrons. The zero-order valence-electron chi connectivity index (χ0n) is 21.2. The van der Waals surface area contributed by atoms with Crippen molar-refractivity contribution < 1.29 is 27.9 Å². The number of carboxylic acids is 1. The minimum atomic E-state index is -4.03. The molecule has 3 aromatic rings. The minimum Gasteiger partial charge on any atom is -0.479 e. The Kier molecular flexibility index (Phi) is 9.67. The maximum Gasteiger partial charge on any atom is 0.330 e. The summed E-state index contributed by atoms with van der Waals surface area (Å²) < 4.78 is 26.6. The van der Waals surface area contributed by atoms with Crippen LogP contribution in [0.2, 0.25) is 0 Å². The molecule has 1 heterocycles. The van der Waals surface area contributed by atoms with Gasteiger partial charge in [-0.15, -0.1) is 11.6 Å². The average molecular weight is 599 g/mol. The average Bonchev–Trinajstić information content (AvgIpc) is 2.96. The van der Waals surface area contributed by atoms with Crippen LogP contribution in [0.3, 0.4) is 0 Å². The van der Waals surface area contributed by atoms with Gasteiger partial charge in [-0.2, -0.15) is 0 Å². The highest BCUT2D eigenvalue weighted by Gasteiger charge is 2.55. The van der Waals surface area contributed by atoms with Crippen molar-refractivity contribution in [1.29, 1.82) is 0 Å². The summed E-state index contributed by atoms with van der Waals surface area (Å²) in [5.74, 6) is -2.74. The Bertz CT molecular complexity index is 1480. The first-order valence-corrected chi connectivity index (χ1v) is 15.8. The standard InChI is InChI=1S/C29H27ClN2O6S2/c30-19-22(17-16-20-10-4-1-5-11-20)26(29(35)36)32-27(34)25(31-24(33)18-21-12-6-2-7-13-21)28(32)39-40(37,38)23-14-8-3-9-15-23/h1-15,17,25-26,28H,16,18-19H2,(H,31,33)(H,35,36). The fourth-order valence-corrected chi connectivity index (χ4v) is 8.12. The first-order valence-electron chi connectivity index (χ1n) is 12.4. The predicted octanol–water partition coefficient (Wildman–Crippen LogP) is 3.87. The number of aliphatic carboxylic acids is 1. The number of nitrogens with one attached hydrogen (secondary N) is 1. The fraction of sp³-hybridized carbons (Fsp3) is 0.207. The predicted molar refractivity (Wildman–Crippen MR) is 154 cm³/mol. The van der Waals surface area contributed by atoms with Crippen LogP contribution in [-0.4, -0.2) is 59.5 Å². The van der Waals surface area contributed by atoms with Crippen molar-refractivity contribution >= 4 is 49.0 Å². The van der Waals surface area contributed by atoms with E-state index in [1.165, 1.54) is 12.1 Å². The third-order valence-electron chi connectivity index (χ3n) is 6.32. The van der Waals surface area contributed by atoms with Gasteiger partial charge in [0.05, 0.1) is 11.3 Å². The second-order valence-corrected chi connectivity index (χ2v) is 13.3. The van der Waals surface area contributed by atoms with Crippen molar-refractivity contribution in [1.82, 2.24) is 10.2 Å². The van der Waals surface area contributed by atoms with Gasteiger partial charge in [0.25, 0.3) is 0 Å². The van der Waals surface area contributed by atoms with Crippen molar-refractivity contribution in [3.63, 3.8) is 0 Å². The number of allylic oxidation sites excluding steroid dienone is 1. The zero-order chi connectivity index (χ0) is 28.7. The molecule has 40 heavy (non-hydrogen) atoms. The Morgan fingerprint density at radius 3 is 2.05 bits per heavy atom. The van der Waals surface area contributed by atoms with Gasteiger partial charge in [-0.05, 0) is 35.3 Å². The minimum absolute atomic E-state index is 0.00211. The van der Waals surface area contributed by atoms with E-state index in [9.17, 15) is 27.9 Å². The number of carbonyl (C=O) groups excluding carboxylic acids is 2. The molecule has 2 N–H and O–H groups in total. The van der Waals surface area contributed by atoms with E-state index >= 15 is 0 Å². The molecule has 208 valence electrons. The Balaban J connectivity index is 1.64. The molecule has 1 saturated heterocycles. The van der Waals surface area contributed by atoms with E-state index in [2.05, 4.69) is 5.32 Å². The van der Waals surface area contributed by atoms with E-state index in [1.807, 2.05) is 36.4 Å². The van der Waals surface area contributed by atoms with Crippen LogP contribution >= 0.6 is 22.4 Å². The summed E-state index contributed by atoms with van der Waals surface area (Å²) in [6.07, 6.45) is 1.98. The number of benzene rings is 3. The van der Waals surface area contributed by atoms with Gasteiger partial charge >= 0.3 is 5.97 Å². The first-order chi connectivity index (χ1) is 19.2. The SMILES string of the molecule is O=C(Cc1ccccc1)NC1C(=O)N(C(C(=O)O)C(=CCc2ccccc2)CCl)C1SS(=O)(=O)c1ccccc1. The van der Waals surface area contributed by atoms with E-state index in [0.29, 0.717) is 22.8 Å². The van der Waals surface area contributed by atoms with Gasteiger partial charge < -0.3 is 15.3 Å². The Morgan fingerprint density at radius 1 is 0.950 bits per heavy atom. The maximum atomic E-state index is 13.4. The van der Waals surface area contributed by atoms with Crippen LogP contribution in [0.4, 0.5) is 0 Å². The number of nitrogens with zero attached hydrogens (tertiary/aromatic N) is 1. The molecule has 3 aromatic carbocycles. The van der Waals surface area contributed by atoms with Gasteiger partial charge in [0.15, 0.2) is 6.04 Å². The van der Waals surface area contributed by atoms with Crippen molar-refractivity contribution in [3.05, 3.63) is 114 Å². The summed E-state index contributed by atoms with van der Waals surface area (Å²) in [5, 5.41) is 11.6. The molecule has 0 bridgehead atoms. The van der Waals surface area contributed by atoms with Crippen LogP contribution in [0, 0.1) is 0 Å². The lowest BCUT2D eigenvalue weighted by Gasteiger charge is -2.49. The lowest BCUT2D eigenvalue weighted by Crippen LogP contribution is -2.73. The zero-order valence-corrected chi connectivity index (χ0v) is 23.6. The van der Waals surface area contributed by atoms with Crippen LogP contribution < -0.4 is 5.32 Å². The highest BCUT2D eigenvalue weighted by Crippen LogP contribution is 2.40. The molecule has 0 saturated carbocycles. The fourth-order valence-electron chi connectivity index (χ4n) is 4.33. The number of β-lactam (4-membered cyclic amide) rings is 1. The molecular formula is C29H27ClN2O6S2. The molecule has 0 aromatic heterocycles. The van der Waals surface area contributed by atoms with Crippen LogP contribution in [0.5, 0.6) is 0 Å². The highest BCUT2D eigenvalue weighted by molar-refractivity contribution is 8.72. The quantitative estimate of drug-likeness (QED) is 0.141. The van der Waals surface area contributed by atoms with E-state index in [1.54, 1.807) is 48.5 Å². The van der Waals surface area contributed by atoms with Gasteiger partial charge in [0.1, 0.15) is 11.4 Å². The molecule has 0 spiro atoms. The summed E-state index contributed by atoms with van der Waals surface area (Å²) in [5.41, 5.74) is 1.86. The summed E-state index contributed by atoms with van der Waals surface area (Å²) >= 11 is 6.17. The Morgan fingerprint density at radius 2 is 1.50 bits per heavy atom. The summed E-state index contributed by atoms with van der Waals surface area (Å²) in [6.45, 7) is 0. The summed E-state index contributed by atoms with van der Waals surface area (Å²) in [4.78, 5) is 39.7. The third-order valence-corrected chi connectivity index (χ3v) is 10.4. The van der Waals surface area contributed by atoms with Crippen LogP contribution in [0.15, 0.2) is 108 Å². The number of hydrogen-bond donors (Lipinski definition) is 2. The Hall–Kier alpha value is -3.60. The molecular weight excluding hydrogens is 572 g/mol. The molecule has 0 aliphatic carbocycles. The van der Waals surface area contributed by atoms with E-state index in [-0.39, 0.29) is 22.8 Å². The molecule has 3 unspecified atom stereocenters. The van der Waals surface area contributed by atoms with E-state index in [4.69, 9.17) is 11.6 Å². The number of rotatable bonds is 12. The van der Waals surface area contributed by atoms with Crippen LogP contribution in [-0.2, 0) is 36.1 Å². The molecule has 8 nitrogen and oxygen atoms in total. The molecule has 3 atom stereocenters. The normalized spacial score (nSPS) is 18.1. The topological polar surface area (TPSA) is 121 Å². The lowest BCUT2D eigenvalue weighted by molar-refractivity contribution is -0.159. The number of hydrogen-bond acceptors (Lipinski definition) is 6. The number of carbonyl (C=O) groups is 3. The smallest absolute Gasteiger partial charge is 0.330 e. The maximum absolute atomic E-state index is 13.4. The first kappa shape index (κ1) is 29.4. The van der Waals surface area contributed by atoms with Gasteiger partial charge in [0.2, 0.25) is 20.7 Å². The molecule has 1 aliphatic rings. The van der Waals surface area contributed by atoms with Gasteiger partial charge in [-0.1, -0.05) is 84.9 Å². The van der Waals surface area contributed by atoms with Gasteiger partial charge in [-0.25, -0.2) is 13.2 Å². The van der Waals surface area contributed by atoms with Crippen LogP contribution in [0.25, 0.3) is 0 Å². The number of halogens is 1. The van der Waals surface area contributed by atoms with Crippen molar-refractivity contribution in [3.8, 4) is 0 Å². The van der Waals surface area contributed by atoms with Gasteiger partial charge in [-0.3, -0.25) is 9.59 Å². The van der Waals surface area contributed by atoms with E-state index in [0.717, 1.165) is 10.5 Å². The molecule has 1 aliphatic heterocycles. The van der Waals surface area contributed by atoms with Crippen molar-refractivity contribution in [2.45, 2.75) is 35.2 Å². The summed E-state index contributed by atoms with van der Waals surface area (Å²) in [6, 6.07) is 23.0. The monoisotopic (exact) mass is 598 g/mol. The van der Waals surface area contributed by atoms with Gasteiger partial charge in [0, 0.05) is 16.7 Å². The largest absolute Gasteiger partial charge is 0.479 e. The molecule has 1 fully saturated rings. The molecule has 4 rings (SSSR count). The third kappa shape index (κ3) is 6.93. The van der Waals surface area contributed by atoms with Crippen molar-refractivity contribution in [2.75, 3.05) is 5.88 Å². The van der Waals surface area contributed by atoms with Crippen molar-refractivity contribution in [2.24, 2.45) is 0 Å². The second-order valence-electron chi connectivity index (χ2n) is 9.05. The number of alkyl halides is 1. The summed E-state index contributed by atoms with van der Waals surface area (Å²) in [7, 11) is -3.60. The molecule has 2 amide bonds. The van der Waals surface area contributed by atoms with Crippen LogP contribution in [0.1, 0.15) is 11.1 Å².